The number of amides is 1. The molecule has 1 aliphatic rings. The molecule has 0 spiro atoms. The Morgan fingerprint density at radius 1 is 1.26 bits per heavy atom. The predicted molar refractivity (Wildman–Crippen MR) is 105 cm³/mol. The van der Waals surface area contributed by atoms with E-state index in [1.807, 2.05) is 4.90 Å². The van der Waals surface area contributed by atoms with Gasteiger partial charge in [0.2, 0.25) is 0 Å². The normalized spacial score (nSPS) is 16.7. The molecule has 2 aromatic rings. The summed E-state index contributed by atoms with van der Waals surface area (Å²) < 4.78 is 4.74. The second kappa shape index (κ2) is 8.39. The number of anilines is 2. The molecule has 0 radical (unpaired) electrons. The minimum Gasteiger partial charge on any atom is -0.465 e. The second-order valence-corrected chi connectivity index (χ2v) is 7.18. The van der Waals surface area contributed by atoms with E-state index in [2.05, 4.69) is 17.2 Å². The molecule has 27 heavy (non-hydrogen) atoms. The van der Waals surface area contributed by atoms with Gasteiger partial charge in [-0.3, -0.25) is 9.78 Å². The van der Waals surface area contributed by atoms with Gasteiger partial charge in [-0.05, 0) is 43.0 Å². The van der Waals surface area contributed by atoms with Crippen molar-refractivity contribution in [3.63, 3.8) is 0 Å². The van der Waals surface area contributed by atoms with Crippen LogP contribution in [0, 0.1) is 5.92 Å². The van der Waals surface area contributed by atoms with Crippen molar-refractivity contribution in [2.45, 2.75) is 19.8 Å². The number of esters is 1. The highest BCUT2D eigenvalue weighted by Gasteiger charge is 2.22. The molecular formula is C20H22ClN3O3. The number of pyridine rings is 1. The zero-order valence-electron chi connectivity index (χ0n) is 15.4. The molecule has 2 heterocycles. The lowest BCUT2D eigenvalue weighted by atomic mass is 10.00. The number of likely N-dealkylation sites (tertiary alicyclic amines) is 1. The molecule has 1 atom stereocenters. The molecular weight excluding hydrogens is 366 g/mol. The van der Waals surface area contributed by atoms with Crippen LogP contribution in [0.1, 0.15) is 40.5 Å². The zero-order chi connectivity index (χ0) is 19.4. The molecule has 1 saturated heterocycles. The van der Waals surface area contributed by atoms with Crippen LogP contribution >= 0.6 is 11.6 Å². The molecule has 1 fully saturated rings. The van der Waals surface area contributed by atoms with Crippen molar-refractivity contribution in [1.82, 2.24) is 9.88 Å². The molecule has 1 aliphatic heterocycles. The number of aromatic nitrogens is 1. The van der Waals surface area contributed by atoms with Gasteiger partial charge in [-0.1, -0.05) is 18.5 Å². The third-order valence-electron chi connectivity index (χ3n) is 4.60. The van der Waals surface area contributed by atoms with Crippen molar-refractivity contribution in [2.75, 3.05) is 25.5 Å². The lowest BCUT2D eigenvalue weighted by Crippen LogP contribution is -2.39. The zero-order valence-corrected chi connectivity index (χ0v) is 16.1. The Kier molecular flexibility index (Phi) is 5.96. The number of methoxy groups -OCH3 is 1. The molecule has 1 aromatic carbocycles. The Balaban J connectivity index is 1.80. The molecule has 0 aliphatic carbocycles. The van der Waals surface area contributed by atoms with Crippen LogP contribution in [0.2, 0.25) is 5.02 Å². The summed E-state index contributed by atoms with van der Waals surface area (Å²) in [5, 5.41) is 3.57. The van der Waals surface area contributed by atoms with Crippen LogP contribution in [-0.4, -0.2) is 42.0 Å². The molecule has 3 rings (SSSR count). The first-order valence-electron chi connectivity index (χ1n) is 8.87. The first kappa shape index (κ1) is 19.2. The maximum atomic E-state index is 12.8. The van der Waals surface area contributed by atoms with Gasteiger partial charge >= 0.3 is 5.97 Å². The van der Waals surface area contributed by atoms with E-state index in [1.165, 1.54) is 7.11 Å². The summed E-state index contributed by atoms with van der Waals surface area (Å²) in [6.07, 6.45) is 5.35. The Bertz CT molecular complexity index is 856. The van der Waals surface area contributed by atoms with Gasteiger partial charge in [0, 0.05) is 19.3 Å². The molecule has 7 heteroatoms. The number of piperidine rings is 1. The van der Waals surface area contributed by atoms with Crippen LogP contribution in [0.3, 0.4) is 0 Å². The predicted octanol–water partition coefficient (Wildman–Crippen LogP) is 4.14. The Labute approximate surface area is 163 Å². The van der Waals surface area contributed by atoms with Gasteiger partial charge in [0.1, 0.15) is 0 Å². The largest absolute Gasteiger partial charge is 0.465 e. The van der Waals surface area contributed by atoms with Gasteiger partial charge < -0.3 is 15.0 Å². The first-order valence-corrected chi connectivity index (χ1v) is 9.25. The van der Waals surface area contributed by atoms with Crippen molar-refractivity contribution in [3.05, 3.63) is 52.8 Å². The third-order valence-corrected chi connectivity index (χ3v) is 4.93. The molecule has 1 N–H and O–H groups in total. The van der Waals surface area contributed by atoms with E-state index in [1.54, 1.807) is 36.7 Å². The number of nitrogens with zero attached hydrogens (tertiary/aromatic N) is 2. The number of benzene rings is 1. The maximum absolute atomic E-state index is 12.8. The Hall–Kier alpha value is -2.60. The van der Waals surface area contributed by atoms with E-state index in [0.29, 0.717) is 33.4 Å². The summed E-state index contributed by atoms with van der Waals surface area (Å²) in [7, 11) is 1.32. The molecule has 1 amide bonds. The highest BCUT2D eigenvalue weighted by atomic mass is 35.5. The van der Waals surface area contributed by atoms with E-state index in [-0.39, 0.29) is 5.91 Å². The summed E-state index contributed by atoms with van der Waals surface area (Å²) in [4.78, 5) is 30.5. The fourth-order valence-electron chi connectivity index (χ4n) is 3.20. The number of ether oxygens (including phenoxy) is 1. The van der Waals surface area contributed by atoms with Gasteiger partial charge in [-0.25, -0.2) is 4.79 Å². The number of nitrogens with one attached hydrogen (secondary N) is 1. The van der Waals surface area contributed by atoms with Gasteiger partial charge in [0.25, 0.3) is 5.91 Å². The minimum atomic E-state index is -0.448. The van der Waals surface area contributed by atoms with E-state index in [4.69, 9.17) is 16.3 Å². The maximum Gasteiger partial charge on any atom is 0.337 e. The lowest BCUT2D eigenvalue weighted by molar-refractivity contribution is 0.0600. The van der Waals surface area contributed by atoms with E-state index < -0.39 is 5.97 Å². The van der Waals surface area contributed by atoms with Crippen LogP contribution in [-0.2, 0) is 4.74 Å². The summed E-state index contributed by atoms with van der Waals surface area (Å²) in [5.74, 6) is 0.0416. The second-order valence-electron chi connectivity index (χ2n) is 6.77. The van der Waals surface area contributed by atoms with Gasteiger partial charge in [0.05, 0.1) is 40.8 Å². The van der Waals surface area contributed by atoms with Crippen molar-refractivity contribution >= 4 is 34.9 Å². The van der Waals surface area contributed by atoms with Crippen molar-refractivity contribution in [1.29, 1.82) is 0 Å². The highest BCUT2D eigenvalue weighted by Crippen LogP contribution is 2.27. The average Bonchev–Trinajstić information content (AvgIpc) is 2.68. The number of carbonyl (C=O) groups is 2. The van der Waals surface area contributed by atoms with E-state index in [0.717, 1.165) is 25.9 Å². The summed E-state index contributed by atoms with van der Waals surface area (Å²) >= 11 is 6.22. The monoisotopic (exact) mass is 387 g/mol. The van der Waals surface area contributed by atoms with Crippen molar-refractivity contribution in [3.8, 4) is 0 Å². The van der Waals surface area contributed by atoms with Crippen LogP contribution in [0.15, 0.2) is 36.7 Å². The Morgan fingerprint density at radius 2 is 2.07 bits per heavy atom. The summed E-state index contributed by atoms with van der Waals surface area (Å²) in [6.45, 7) is 3.70. The Morgan fingerprint density at radius 3 is 2.81 bits per heavy atom. The highest BCUT2D eigenvalue weighted by molar-refractivity contribution is 6.33. The standard InChI is InChI=1S/C20H22ClN3O3/c1-13-4-3-7-24(12-13)19(25)15-8-16(11-22-10-15)23-18-9-14(20(26)27-2)5-6-17(18)21/h5-6,8-11,13,23H,3-4,7,12H2,1-2H3. The average molecular weight is 388 g/mol. The molecule has 0 saturated carbocycles. The topological polar surface area (TPSA) is 71.5 Å². The summed E-state index contributed by atoms with van der Waals surface area (Å²) in [6, 6.07) is 6.56. The number of hydrogen-bond acceptors (Lipinski definition) is 5. The number of halogens is 1. The van der Waals surface area contributed by atoms with Crippen LogP contribution in [0.4, 0.5) is 11.4 Å². The van der Waals surface area contributed by atoms with Gasteiger partial charge in [-0.2, -0.15) is 0 Å². The SMILES string of the molecule is COC(=O)c1ccc(Cl)c(Nc2cncc(C(=O)N3CCCC(C)C3)c2)c1. The van der Waals surface area contributed by atoms with Gasteiger partial charge in [-0.15, -0.1) is 0 Å². The minimum absolute atomic E-state index is 0.0212. The fraction of sp³-hybridized carbons (Fsp3) is 0.350. The number of rotatable bonds is 4. The number of carbonyl (C=O) groups excluding carboxylic acids is 2. The smallest absolute Gasteiger partial charge is 0.337 e. The molecule has 6 nitrogen and oxygen atoms in total. The molecule has 1 aromatic heterocycles. The van der Waals surface area contributed by atoms with E-state index >= 15 is 0 Å². The van der Waals surface area contributed by atoms with Crippen molar-refractivity contribution < 1.29 is 14.3 Å². The van der Waals surface area contributed by atoms with Crippen LogP contribution < -0.4 is 5.32 Å². The van der Waals surface area contributed by atoms with Crippen molar-refractivity contribution in [2.24, 2.45) is 5.92 Å². The fourth-order valence-corrected chi connectivity index (χ4v) is 3.37. The molecule has 1 unspecified atom stereocenters. The third kappa shape index (κ3) is 4.57. The van der Waals surface area contributed by atoms with Crippen LogP contribution in [0.5, 0.6) is 0 Å². The quantitative estimate of drug-likeness (QED) is 0.798. The van der Waals surface area contributed by atoms with Gasteiger partial charge in [0.15, 0.2) is 0 Å². The number of hydrogen-bond donors (Lipinski definition) is 1. The van der Waals surface area contributed by atoms with E-state index in [9.17, 15) is 9.59 Å². The molecule has 142 valence electrons. The molecule has 0 bridgehead atoms. The summed E-state index contributed by atoms with van der Waals surface area (Å²) in [5.41, 5.74) is 2.06. The van der Waals surface area contributed by atoms with Crippen LogP contribution in [0.25, 0.3) is 0 Å². The first-order chi connectivity index (χ1) is 13.0. The lowest BCUT2D eigenvalue weighted by Gasteiger charge is -2.31.